The predicted molar refractivity (Wildman–Crippen MR) is 74.4 cm³/mol. The highest BCUT2D eigenvalue weighted by Crippen LogP contribution is 2.21. The Bertz CT molecular complexity index is 438. The van der Waals surface area contributed by atoms with Crippen LogP contribution in [0.1, 0.15) is 6.92 Å². The summed E-state index contributed by atoms with van der Waals surface area (Å²) >= 11 is 0. The number of rotatable bonds is 4. The summed E-state index contributed by atoms with van der Waals surface area (Å²) in [5.41, 5.74) is 1.87. The predicted octanol–water partition coefficient (Wildman–Crippen LogP) is 0.465. The zero-order chi connectivity index (χ0) is 13.7. The molecule has 2 heterocycles. The number of carbonyl (C=O) groups excluding carboxylic acids is 1. The Morgan fingerprint density at radius 1 is 1.58 bits per heavy atom. The lowest BCUT2D eigenvalue weighted by molar-refractivity contribution is -0.124. The second-order valence-electron chi connectivity index (χ2n) is 4.36. The molecule has 1 amide bonds. The van der Waals surface area contributed by atoms with E-state index >= 15 is 0 Å². The zero-order valence-electron chi connectivity index (χ0n) is 11.3. The summed E-state index contributed by atoms with van der Waals surface area (Å²) in [6, 6.07) is 1.70. The lowest BCUT2D eigenvalue weighted by atomic mass is 10.2. The van der Waals surface area contributed by atoms with Gasteiger partial charge >= 0.3 is 0 Å². The molecule has 1 aliphatic heterocycles. The van der Waals surface area contributed by atoms with Crippen molar-refractivity contribution < 1.29 is 9.53 Å². The van der Waals surface area contributed by atoms with Crippen LogP contribution in [0.25, 0.3) is 0 Å². The average Bonchev–Trinajstić information content (AvgIpc) is 2.47. The molecule has 19 heavy (non-hydrogen) atoms. The molecule has 6 nitrogen and oxygen atoms in total. The average molecular weight is 264 g/mol. The molecule has 6 heteroatoms. The molecule has 0 aliphatic carbocycles. The molecule has 0 aromatic carbocycles. The number of ether oxygens (including phenoxy) is 1. The van der Waals surface area contributed by atoms with Crippen LogP contribution in [0.3, 0.4) is 0 Å². The first-order valence-electron chi connectivity index (χ1n) is 6.51. The van der Waals surface area contributed by atoms with Gasteiger partial charge < -0.3 is 20.3 Å². The van der Waals surface area contributed by atoms with Crippen LogP contribution in [0, 0.1) is 0 Å². The number of hydrogen-bond acceptors (Lipinski definition) is 5. The van der Waals surface area contributed by atoms with Gasteiger partial charge in [-0.1, -0.05) is 0 Å². The van der Waals surface area contributed by atoms with E-state index in [1.54, 1.807) is 12.4 Å². The first-order valence-corrected chi connectivity index (χ1v) is 6.51. The van der Waals surface area contributed by atoms with Crippen LogP contribution >= 0.6 is 0 Å². The first-order chi connectivity index (χ1) is 9.26. The fraction of sp³-hybridized carbons (Fsp3) is 0.538. The summed E-state index contributed by atoms with van der Waals surface area (Å²) in [4.78, 5) is 18.3. The molecule has 104 valence electrons. The van der Waals surface area contributed by atoms with E-state index in [1.165, 1.54) is 0 Å². The van der Waals surface area contributed by atoms with Gasteiger partial charge in [0.2, 0.25) is 5.91 Å². The van der Waals surface area contributed by atoms with Gasteiger partial charge in [-0.2, -0.15) is 0 Å². The van der Waals surface area contributed by atoms with Gasteiger partial charge in [0.25, 0.3) is 0 Å². The molecule has 2 rings (SSSR count). The Balaban J connectivity index is 2.20. The number of pyridine rings is 1. The molecular weight excluding hydrogens is 244 g/mol. The van der Waals surface area contributed by atoms with Gasteiger partial charge in [0.1, 0.15) is 6.04 Å². The molecule has 0 saturated carbocycles. The second kappa shape index (κ2) is 6.38. The van der Waals surface area contributed by atoms with E-state index in [0.29, 0.717) is 26.3 Å². The highest BCUT2D eigenvalue weighted by Gasteiger charge is 2.29. The van der Waals surface area contributed by atoms with Crippen molar-refractivity contribution in [3.63, 3.8) is 0 Å². The van der Waals surface area contributed by atoms with Crippen molar-refractivity contribution in [3.05, 3.63) is 18.5 Å². The number of hydrogen-bond donors (Lipinski definition) is 2. The summed E-state index contributed by atoms with van der Waals surface area (Å²) in [7, 11) is 1.85. The summed E-state index contributed by atoms with van der Waals surface area (Å²) in [5, 5.41) is 5.90. The van der Waals surface area contributed by atoms with Gasteiger partial charge in [0.15, 0.2) is 0 Å². The van der Waals surface area contributed by atoms with Gasteiger partial charge in [-0.3, -0.25) is 9.78 Å². The van der Waals surface area contributed by atoms with Crippen LogP contribution in [0.4, 0.5) is 11.4 Å². The molecule has 1 aliphatic rings. The number of aromatic nitrogens is 1. The Morgan fingerprint density at radius 2 is 2.42 bits per heavy atom. The summed E-state index contributed by atoms with van der Waals surface area (Å²) in [6.45, 7) is 4.26. The van der Waals surface area contributed by atoms with E-state index in [1.807, 2.05) is 24.9 Å². The van der Waals surface area contributed by atoms with Crippen molar-refractivity contribution in [2.24, 2.45) is 0 Å². The number of morpholine rings is 1. The maximum atomic E-state index is 12.1. The van der Waals surface area contributed by atoms with Crippen molar-refractivity contribution in [2.75, 3.05) is 43.6 Å². The largest absolute Gasteiger partial charge is 0.387 e. The third kappa shape index (κ3) is 3.14. The third-order valence-corrected chi connectivity index (χ3v) is 3.13. The second-order valence-corrected chi connectivity index (χ2v) is 4.36. The van der Waals surface area contributed by atoms with Crippen LogP contribution in [0.15, 0.2) is 18.5 Å². The minimum Gasteiger partial charge on any atom is -0.387 e. The maximum absolute atomic E-state index is 12.1. The van der Waals surface area contributed by atoms with Crippen molar-refractivity contribution in [2.45, 2.75) is 13.0 Å². The van der Waals surface area contributed by atoms with Crippen LogP contribution in [-0.2, 0) is 9.53 Å². The Morgan fingerprint density at radius 3 is 3.16 bits per heavy atom. The number of nitrogens with zero attached hydrogens (tertiary/aromatic N) is 2. The molecule has 2 N–H and O–H groups in total. The monoisotopic (exact) mass is 264 g/mol. The van der Waals surface area contributed by atoms with Gasteiger partial charge in [0, 0.05) is 20.1 Å². The Hall–Kier alpha value is -1.82. The van der Waals surface area contributed by atoms with E-state index < -0.39 is 0 Å². The fourth-order valence-corrected chi connectivity index (χ4v) is 2.14. The highest BCUT2D eigenvalue weighted by atomic mass is 16.5. The smallest absolute Gasteiger partial charge is 0.245 e. The van der Waals surface area contributed by atoms with Crippen LogP contribution in [-0.4, -0.2) is 50.3 Å². The molecule has 1 atom stereocenters. The number of likely N-dealkylation sites (N-methyl/N-ethyl adjacent to an activating group) is 1. The van der Waals surface area contributed by atoms with Crippen LogP contribution < -0.4 is 15.5 Å². The Kier molecular flexibility index (Phi) is 4.57. The standard InChI is InChI=1S/C13H20N4O2/c1-3-16-13(18)12-9-19-5-4-17(12)11-6-10(14-2)7-15-8-11/h6-8,12,14H,3-5,9H2,1-2H3,(H,16,18). The number of amides is 1. The van der Waals surface area contributed by atoms with Crippen molar-refractivity contribution in [1.29, 1.82) is 0 Å². The van der Waals surface area contributed by atoms with E-state index in [0.717, 1.165) is 11.4 Å². The molecule has 1 saturated heterocycles. The van der Waals surface area contributed by atoms with Gasteiger partial charge in [-0.15, -0.1) is 0 Å². The topological polar surface area (TPSA) is 66.5 Å². The highest BCUT2D eigenvalue weighted by molar-refractivity contribution is 5.85. The van der Waals surface area contributed by atoms with E-state index in [4.69, 9.17) is 4.74 Å². The van der Waals surface area contributed by atoms with Gasteiger partial charge in [0.05, 0.1) is 37.0 Å². The maximum Gasteiger partial charge on any atom is 0.245 e. The summed E-state index contributed by atoms with van der Waals surface area (Å²) in [6.07, 6.45) is 3.53. The van der Waals surface area contributed by atoms with E-state index in [9.17, 15) is 4.79 Å². The first kappa shape index (κ1) is 13.6. The molecule has 1 aromatic rings. The van der Waals surface area contributed by atoms with E-state index in [2.05, 4.69) is 15.6 Å². The Labute approximate surface area is 113 Å². The summed E-state index contributed by atoms with van der Waals surface area (Å²) in [5.74, 6) is -0.00272. The number of carbonyl (C=O) groups is 1. The fourth-order valence-electron chi connectivity index (χ4n) is 2.14. The zero-order valence-corrected chi connectivity index (χ0v) is 11.3. The lowest BCUT2D eigenvalue weighted by Gasteiger charge is -2.36. The molecule has 1 unspecified atom stereocenters. The van der Waals surface area contributed by atoms with Crippen LogP contribution in [0.5, 0.6) is 0 Å². The van der Waals surface area contributed by atoms with Gasteiger partial charge in [-0.25, -0.2) is 0 Å². The van der Waals surface area contributed by atoms with E-state index in [-0.39, 0.29) is 11.9 Å². The molecule has 1 aromatic heterocycles. The van der Waals surface area contributed by atoms with Crippen molar-refractivity contribution in [1.82, 2.24) is 10.3 Å². The molecular formula is C13H20N4O2. The quantitative estimate of drug-likeness (QED) is 0.827. The van der Waals surface area contributed by atoms with Crippen molar-refractivity contribution in [3.8, 4) is 0 Å². The minimum absolute atomic E-state index is 0.00272. The number of anilines is 2. The van der Waals surface area contributed by atoms with Crippen molar-refractivity contribution >= 4 is 17.3 Å². The van der Waals surface area contributed by atoms with Gasteiger partial charge in [-0.05, 0) is 13.0 Å². The normalized spacial score (nSPS) is 19.1. The minimum atomic E-state index is -0.289. The van der Waals surface area contributed by atoms with Crippen LogP contribution in [0.2, 0.25) is 0 Å². The molecule has 0 spiro atoms. The molecule has 1 fully saturated rings. The lowest BCUT2D eigenvalue weighted by Crippen LogP contribution is -2.54. The third-order valence-electron chi connectivity index (χ3n) is 3.13. The molecule has 0 bridgehead atoms. The SMILES string of the molecule is CCNC(=O)C1COCCN1c1cncc(NC)c1. The molecule has 0 radical (unpaired) electrons. The number of nitrogens with one attached hydrogen (secondary N) is 2. The summed E-state index contributed by atoms with van der Waals surface area (Å²) < 4.78 is 5.42.